The molecule has 12 heteroatoms. The molecule has 0 spiro atoms. The Labute approximate surface area is 275 Å². The van der Waals surface area contributed by atoms with Crippen LogP contribution in [0.25, 0.3) is 11.0 Å². The van der Waals surface area contributed by atoms with Gasteiger partial charge in [-0.25, -0.2) is 22.4 Å². The quantitative estimate of drug-likeness (QED) is 0.245. The number of likely N-dealkylation sites (N-methyl/N-ethyl adjacent to an activating group) is 1. The predicted molar refractivity (Wildman–Crippen MR) is 185 cm³/mol. The van der Waals surface area contributed by atoms with Gasteiger partial charge in [0.1, 0.15) is 11.5 Å². The number of rotatable bonds is 9. The summed E-state index contributed by atoms with van der Waals surface area (Å²) in [5.41, 5.74) is 4.86. The second-order valence-corrected chi connectivity index (χ2v) is 14.8. The molecule has 11 nitrogen and oxygen atoms in total. The molecule has 1 saturated carbocycles. The summed E-state index contributed by atoms with van der Waals surface area (Å²) in [6, 6.07) is 18.0. The molecule has 47 heavy (non-hydrogen) atoms. The van der Waals surface area contributed by atoms with E-state index in [1.54, 1.807) is 6.20 Å². The van der Waals surface area contributed by atoms with Crippen LogP contribution in [0.1, 0.15) is 48.2 Å². The fourth-order valence-electron chi connectivity index (χ4n) is 6.67. The van der Waals surface area contributed by atoms with Gasteiger partial charge in [-0.2, -0.15) is 4.98 Å². The Balaban J connectivity index is 1.24. The lowest BCUT2D eigenvalue weighted by Gasteiger charge is -2.34. The first kappa shape index (κ1) is 31.1. The van der Waals surface area contributed by atoms with Crippen LogP contribution >= 0.6 is 0 Å². The lowest BCUT2D eigenvalue weighted by Crippen LogP contribution is -2.44. The molecule has 0 atom stereocenters. The van der Waals surface area contributed by atoms with Crippen LogP contribution < -0.4 is 15.8 Å². The molecule has 2 fully saturated rings. The van der Waals surface area contributed by atoms with Gasteiger partial charge in [0.15, 0.2) is 0 Å². The van der Waals surface area contributed by atoms with Crippen molar-refractivity contribution in [2.75, 3.05) is 43.4 Å². The van der Waals surface area contributed by atoms with Crippen molar-refractivity contribution in [2.45, 2.75) is 50.8 Å². The molecule has 3 aromatic heterocycles. The van der Waals surface area contributed by atoms with E-state index in [9.17, 15) is 13.2 Å². The number of aromatic nitrogens is 5. The van der Waals surface area contributed by atoms with Gasteiger partial charge < -0.3 is 15.1 Å². The van der Waals surface area contributed by atoms with E-state index in [0.717, 1.165) is 55.8 Å². The van der Waals surface area contributed by atoms with Crippen molar-refractivity contribution in [1.29, 1.82) is 0 Å². The molecule has 0 unspecified atom stereocenters. The van der Waals surface area contributed by atoms with Gasteiger partial charge in [-0.3, -0.25) is 9.36 Å². The van der Waals surface area contributed by atoms with Crippen LogP contribution in [0.15, 0.2) is 78.0 Å². The van der Waals surface area contributed by atoms with Crippen molar-refractivity contribution < 1.29 is 8.42 Å². The number of piperazine rings is 1. The Hall–Kier alpha value is -4.55. The maximum atomic E-state index is 14.2. The molecule has 1 aliphatic heterocycles. The van der Waals surface area contributed by atoms with E-state index < -0.39 is 15.3 Å². The van der Waals surface area contributed by atoms with E-state index >= 15 is 0 Å². The first-order chi connectivity index (χ1) is 22.8. The molecular formula is C35H40N8O3S. The second-order valence-electron chi connectivity index (χ2n) is 12.7. The zero-order valence-electron chi connectivity index (χ0n) is 26.8. The summed E-state index contributed by atoms with van der Waals surface area (Å²) >= 11 is 0. The summed E-state index contributed by atoms with van der Waals surface area (Å²) in [4.78, 5) is 32.7. The zero-order valence-corrected chi connectivity index (χ0v) is 27.7. The molecule has 1 N–H and O–H groups in total. The highest BCUT2D eigenvalue weighted by molar-refractivity contribution is 7.90. The van der Waals surface area contributed by atoms with Gasteiger partial charge in [-0.05, 0) is 68.3 Å². The van der Waals surface area contributed by atoms with Crippen LogP contribution in [0.5, 0.6) is 0 Å². The van der Waals surface area contributed by atoms with Gasteiger partial charge in [0.2, 0.25) is 16.0 Å². The molecular weight excluding hydrogens is 613 g/mol. The zero-order chi connectivity index (χ0) is 32.5. The number of imidazole rings is 1. The molecule has 0 bridgehead atoms. The number of benzene rings is 2. The summed E-state index contributed by atoms with van der Waals surface area (Å²) < 4.78 is 30.0. The van der Waals surface area contributed by atoms with Crippen LogP contribution in [0.4, 0.5) is 17.3 Å². The van der Waals surface area contributed by atoms with Crippen molar-refractivity contribution in [3.63, 3.8) is 0 Å². The van der Waals surface area contributed by atoms with E-state index in [2.05, 4.69) is 44.3 Å². The first-order valence-corrected chi connectivity index (χ1v) is 17.8. The van der Waals surface area contributed by atoms with Crippen LogP contribution in [-0.4, -0.2) is 75.3 Å². The number of nitrogens with one attached hydrogen (secondary N) is 1. The summed E-state index contributed by atoms with van der Waals surface area (Å²) in [5, 5.41) is 3.53. The highest BCUT2D eigenvalue weighted by atomic mass is 32.2. The topological polar surface area (TPSA) is 118 Å². The molecule has 5 aromatic rings. The van der Waals surface area contributed by atoms with Crippen molar-refractivity contribution >= 4 is 38.4 Å². The highest BCUT2D eigenvalue weighted by Gasteiger charge is 2.32. The standard InChI is InChI=1S/C35H40N8O3S/c1-25-7-3-4-8-26(25)21-27-22-28-23-37-35(38-29-11-13-30(14-12-29)41-19-17-40(2)18-20-41)39-33(28)42(34(27)44)24-32-36-15-16-43(32)47(45,46)31-9-5-6-10-31/h3-4,7-8,11-16,22-23,31H,5-6,9-10,17-21,24H2,1-2H3,(H,37,38,39). The molecule has 1 saturated heterocycles. The summed E-state index contributed by atoms with van der Waals surface area (Å²) in [6.45, 7) is 6.02. The summed E-state index contributed by atoms with van der Waals surface area (Å²) in [5.74, 6) is 0.618. The Morgan fingerprint density at radius 3 is 2.43 bits per heavy atom. The maximum Gasteiger partial charge on any atom is 0.256 e. The van der Waals surface area contributed by atoms with Crippen LogP contribution in [-0.2, 0) is 23.0 Å². The van der Waals surface area contributed by atoms with Crippen molar-refractivity contribution in [1.82, 2.24) is 28.4 Å². The van der Waals surface area contributed by atoms with Crippen molar-refractivity contribution in [3.8, 4) is 0 Å². The summed E-state index contributed by atoms with van der Waals surface area (Å²) in [7, 11) is -1.51. The average Bonchev–Trinajstić information content (AvgIpc) is 3.79. The normalized spacial score (nSPS) is 16.3. The Kier molecular flexibility index (Phi) is 8.54. The average molecular weight is 653 g/mol. The third-order valence-corrected chi connectivity index (χ3v) is 11.7. The molecule has 0 amide bonds. The number of nitrogens with zero attached hydrogens (tertiary/aromatic N) is 7. The molecule has 2 aliphatic rings. The van der Waals surface area contributed by atoms with Crippen LogP contribution in [0.3, 0.4) is 0 Å². The Bertz CT molecular complexity index is 2060. The summed E-state index contributed by atoms with van der Waals surface area (Å²) in [6.07, 6.45) is 8.16. The minimum absolute atomic E-state index is 0.0495. The van der Waals surface area contributed by atoms with Crippen molar-refractivity contribution in [3.05, 3.63) is 106 Å². The van der Waals surface area contributed by atoms with Gasteiger partial charge in [0, 0.05) is 73.5 Å². The van der Waals surface area contributed by atoms with E-state index in [4.69, 9.17) is 4.98 Å². The number of aryl methyl sites for hydroxylation is 1. The lowest BCUT2D eigenvalue weighted by atomic mass is 10.0. The minimum atomic E-state index is -3.65. The number of anilines is 3. The SMILES string of the molecule is Cc1ccccc1Cc1cc2cnc(Nc3ccc(N4CCN(C)CC4)cc3)nc2n(Cc2nccn2S(=O)(=O)C2CCCC2)c1=O. The Morgan fingerprint density at radius 1 is 0.936 bits per heavy atom. The Morgan fingerprint density at radius 2 is 1.68 bits per heavy atom. The molecule has 2 aromatic carbocycles. The van der Waals surface area contributed by atoms with Gasteiger partial charge >= 0.3 is 0 Å². The lowest BCUT2D eigenvalue weighted by molar-refractivity contribution is 0.313. The first-order valence-electron chi connectivity index (χ1n) is 16.3. The highest BCUT2D eigenvalue weighted by Crippen LogP contribution is 2.27. The van der Waals surface area contributed by atoms with E-state index in [1.165, 1.54) is 26.6 Å². The second kappa shape index (κ2) is 12.9. The third kappa shape index (κ3) is 6.39. The van der Waals surface area contributed by atoms with E-state index in [1.807, 2.05) is 49.4 Å². The van der Waals surface area contributed by atoms with Crippen LogP contribution in [0.2, 0.25) is 0 Å². The molecule has 244 valence electrons. The molecule has 1 aliphatic carbocycles. The fraction of sp³-hybridized carbons (Fsp3) is 0.371. The van der Waals surface area contributed by atoms with Crippen molar-refractivity contribution in [2.24, 2.45) is 0 Å². The number of fused-ring (bicyclic) bond motifs is 1. The number of hydrogen-bond donors (Lipinski definition) is 1. The van der Waals surface area contributed by atoms with E-state index in [0.29, 0.717) is 41.8 Å². The maximum absolute atomic E-state index is 14.2. The molecule has 0 radical (unpaired) electrons. The van der Waals surface area contributed by atoms with Gasteiger partial charge in [-0.1, -0.05) is 37.1 Å². The fourth-order valence-corrected chi connectivity index (χ4v) is 8.54. The van der Waals surface area contributed by atoms with Gasteiger partial charge in [0.25, 0.3) is 5.56 Å². The molecule has 4 heterocycles. The molecule has 7 rings (SSSR count). The van der Waals surface area contributed by atoms with Gasteiger partial charge in [0.05, 0.1) is 11.8 Å². The van der Waals surface area contributed by atoms with Crippen LogP contribution in [0, 0.1) is 6.92 Å². The largest absolute Gasteiger partial charge is 0.369 e. The van der Waals surface area contributed by atoms with Gasteiger partial charge in [-0.15, -0.1) is 0 Å². The smallest absolute Gasteiger partial charge is 0.256 e. The predicted octanol–water partition coefficient (Wildman–Crippen LogP) is 4.55. The minimum Gasteiger partial charge on any atom is -0.369 e. The number of hydrogen-bond acceptors (Lipinski definition) is 9. The number of pyridine rings is 1. The van der Waals surface area contributed by atoms with E-state index in [-0.39, 0.29) is 17.9 Å². The third-order valence-electron chi connectivity index (χ3n) is 9.51. The monoisotopic (exact) mass is 652 g/mol.